The average Bonchev–Trinajstić information content (AvgIpc) is 3.07. The van der Waals surface area contributed by atoms with Crippen LogP contribution in [0, 0.1) is 6.92 Å². The van der Waals surface area contributed by atoms with E-state index in [9.17, 15) is 0 Å². The first-order valence-corrected chi connectivity index (χ1v) is 8.02. The van der Waals surface area contributed by atoms with Crippen LogP contribution >= 0.6 is 23.2 Å². The highest BCUT2D eigenvalue weighted by Crippen LogP contribution is 2.38. The molecule has 1 heterocycles. The maximum Gasteiger partial charge on any atom is 0.137 e. The van der Waals surface area contributed by atoms with Gasteiger partial charge in [-0.3, -0.25) is 0 Å². The Morgan fingerprint density at radius 3 is 2.45 bits per heavy atom. The molecule has 1 fully saturated rings. The lowest BCUT2D eigenvalue weighted by Crippen LogP contribution is -2.00. The number of aryl methyl sites for hydroxylation is 1. The molecule has 4 heteroatoms. The molecular formula is C16H18Cl2N2. The summed E-state index contributed by atoms with van der Waals surface area (Å²) in [6.07, 6.45) is 4.96. The fourth-order valence-electron chi connectivity index (χ4n) is 2.95. The van der Waals surface area contributed by atoms with Crippen molar-refractivity contribution in [3.8, 4) is 5.69 Å². The highest BCUT2D eigenvalue weighted by molar-refractivity contribution is 6.31. The molecule has 0 saturated heterocycles. The number of benzene rings is 1. The lowest BCUT2D eigenvalue weighted by atomic mass is 10.0. The zero-order chi connectivity index (χ0) is 14.1. The summed E-state index contributed by atoms with van der Waals surface area (Å²) in [6, 6.07) is 8.24. The fraction of sp³-hybridized carbons (Fsp3) is 0.438. The predicted molar refractivity (Wildman–Crippen MR) is 84.1 cm³/mol. The van der Waals surface area contributed by atoms with Crippen molar-refractivity contribution in [2.24, 2.45) is 0 Å². The highest BCUT2D eigenvalue weighted by Gasteiger charge is 2.26. The van der Waals surface area contributed by atoms with Gasteiger partial charge in [0.25, 0.3) is 0 Å². The van der Waals surface area contributed by atoms with Gasteiger partial charge >= 0.3 is 0 Å². The Morgan fingerprint density at radius 1 is 1.20 bits per heavy atom. The highest BCUT2D eigenvalue weighted by atomic mass is 35.5. The van der Waals surface area contributed by atoms with E-state index < -0.39 is 0 Å². The van der Waals surface area contributed by atoms with Gasteiger partial charge in [0.2, 0.25) is 0 Å². The third-order valence-electron chi connectivity index (χ3n) is 4.11. The molecule has 0 unspecified atom stereocenters. The van der Waals surface area contributed by atoms with Crippen LogP contribution in [0.25, 0.3) is 5.69 Å². The molecule has 0 spiro atoms. The van der Waals surface area contributed by atoms with E-state index in [1.165, 1.54) is 31.2 Å². The van der Waals surface area contributed by atoms with Crippen molar-refractivity contribution in [1.29, 1.82) is 0 Å². The van der Waals surface area contributed by atoms with Gasteiger partial charge in [-0.15, -0.1) is 11.6 Å². The summed E-state index contributed by atoms with van der Waals surface area (Å²) in [5, 5.41) is 5.42. The Balaban J connectivity index is 2.05. The van der Waals surface area contributed by atoms with Crippen molar-refractivity contribution in [3.05, 3.63) is 46.2 Å². The number of nitrogens with zero attached hydrogens (tertiary/aromatic N) is 2. The molecule has 20 heavy (non-hydrogen) atoms. The molecule has 0 N–H and O–H groups in total. The normalized spacial score (nSPS) is 15.9. The minimum Gasteiger partial charge on any atom is -0.222 e. The summed E-state index contributed by atoms with van der Waals surface area (Å²) in [4.78, 5) is 0. The van der Waals surface area contributed by atoms with Crippen molar-refractivity contribution in [2.45, 2.75) is 44.4 Å². The topological polar surface area (TPSA) is 17.8 Å². The summed E-state index contributed by atoms with van der Waals surface area (Å²) >= 11 is 12.6. The molecule has 0 radical (unpaired) electrons. The molecular weight excluding hydrogens is 291 g/mol. The van der Waals surface area contributed by atoms with Gasteiger partial charge in [-0.25, -0.2) is 4.68 Å². The number of rotatable bonds is 3. The molecule has 1 aliphatic carbocycles. The van der Waals surface area contributed by atoms with E-state index in [-0.39, 0.29) is 0 Å². The fourth-order valence-corrected chi connectivity index (χ4v) is 3.58. The van der Waals surface area contributed by atoms with Crippen molar-refractivity contribution in [3.63, 3.8) is 0 Å². The van der Waals surface area contributed by atoms with Gasteiger partial charge in [-0.1, -0.05) is 42.1 Å². The number of aromatic nitrogens is 2. The second kappa shape index (κ2) is 5.79. The molecule has 0 amide bonds. The Bertz CT molecular complexity index is 596. The summed E-state index contributed by atoms with van der Waals surface area (Å²) < 4.78 is 1.83. The molecule has 0 bridgehead atoms. The van der Waals surface area contributed by atoms with Crippen molar-refractivity contribution in [1.82, 2.24) is 9.78 Å². The minimum atomic E-state index is 0.427. The second-order valence-corrected chi connectivity index (χ2v) is 6.14. The summed E-state index contributed by atoms with van der Waals surface area (Å²) in [5.74, 6) is 0.948. The molecule has 106 valence electrons. The zero-order valence-electron chi connectivity index (χ0n) is 11.6. The first-order chi connectivity index (χ1) is 9.70. The van der Waals surface area contributed by atoms with Crippen LogP contribution in [0.4, 0.5) is 0 Å². The number of alkyl halides is 1. The van der Waals surface area contributed by atoms with Crippen LogP contribution in [-0.2, 0) is 5.88 Å². The molecule has 1 saturated carbocycles. The lowest BCUT2D eigenvalue weighted by molar-refractivity contribution is 0.675. The van der Waals surface area contributed by atoms with Crippen LogP contribution in [0.3, 0.4) is 0 Å². The van der Waals surface area contributed by atoms with E-state index in [0.717, 1.165) is 16.9 Å². The molecule has 0 atom stereocenters. The van der Waals surface area contributed by atoms with Crippen LogP contribution in [0.15, 0.2) is 24.3 Å². The summed E-state index contributed by atoms with van der Waals surface area (Å²) in [5.41, 5.74) is 4.32. The number of hydrogen-bond acceptors (Lipinski definition) is 1. The molecule has 2 aromatic rings. The van der Waals surface area contributed by atoms with Crippen molar-refractivity contribution >= 4 is 23.2 Å². The van der Waals surface area contributed by atoms with Gasteiger partial charge in [0.1, 0.15) is 5.15 Å². The lowest BCUT2D eigenvalue weighted by Gasteiger charge is -2.06. The molecule has 0 aliphatic heterocycles. The molecule has 1 aromatic heterocycles. The van der Waals surface area contributed by atoms with Crippen LogP contribution < -0.4 is 0 Å². The first-order valence-electron chi connectivity index (χ1n) is 7.11. The van der Waals surface area contributed by atoms with Crippen LogP contribution in [0.1, 0.15) is 48.4 Å². The maximum absolute atomic E-state index is 6.50. The van der Waals surface area contributed by atoms with Gasteiger partial charge < -0.3 is 0 Å². The molecule has 3 rings (SSSR count). The van der Waals surface area contributed by atoms with Crippen LogP contribution in [0.2, 0.25) is 5.15 Å². The quantitative estimate of drug-likeness (QED) is 0.710. The SMILES string of the molecule is Cc1ccc(-n2nc(C3CCCC3)c(CCl)c2Cl)cc1. The standard InChI is InChI=1S/C16H18Cl2N2/c1-11-6-8-13(9-7-11)20-16(18)14(10-17)15(19-20)12-4-2-3-5-12/h6-9,12H,2-5,10H2,1H3. The summed E-state index contributed by atoms with van der Waals surface area (Å²) in [6.45, 7) is 2.07. The number of halogens is 2. The van der Waals surface area contributed by atoms with Crippen molar-refractivity contribution < 1.29 is 0 Å². The maximum atomic E-state index is 6.50. The van der Waals surface area contributed by atoms with Crippen molar-refractivity contribution in [2.75, 3.05) is 0 Å². The molecule has 2 nitrogen and oxygen atoms in total. The smallest absolute Gasteiger partial charge is 0.137 e. The Labute approximate surface area is 129 Å². The monoisotopic (exact) mass is 308 g/mol. The zero-order valence-corrected chi connectivity index (χ0v) is 13.1. The second-order valence-electron chi connectivity index (χ2n) is 5.52. The van der Waals surface area contributed by atoms with Gasteiger partial charge in [0, 0.05) is 11.5 Å². The summed E-state index contributed by atoms with van der Waals surface area (Å²) in [7, 11) is 0. The van der Waals surface area contributed by atoms with Gasteiger partial charge in [-0.05, 0) is 31.9 Å². The van der Waals surface area contributed by atoms with E-state index in [1.807, 2.05) is 16.8 Å². The van der Waals surface area contributed by atoms with E-state index in [2.05, 4.69) is 19.1 Å². The van der Waals surface area contributed by atoms with E-state index in [1.54, 1.807) is 0 Å². The van der Waals surface area contributed by atoms with Gasteiger partial charge in [0.15, 0.2) is 0 Å². The van der Waals surface area contributed by atoms with Crippen LogP contribution in [-0.4, -0.2) is 9.78 Å². The molecule has 1 aromatic carbocycles. The first kappa shape index (κ1) is 14.0. The van der Waals surface area contributed by atoms with E-state index in [4.69, 9.17) is 28.3 Å². The third-order valence-corrected chi connectivity index (χ3v) is 4.76. The van der Waals surface area contributed by atoms with E-state index in [0.29, 0.717) is 17.0 Å². The third kappa shape index (κ3) is 2.47. The minimum absolute atomic E-state index is 0.427. The predicted octanol–water partition coefficient (Wildman–Crippen LogP) is 5.23. The van der Waals surface area contributed by atoms with Gasteiger partial charge in [-0.2, -0.15) is 5.10 Å². The Kier molecular flexibility index (Phi) is 4.04. The largest absolute Gasteiger partial charge is 0.222 e. The van der Waals surface area contributed by atoms with E-state index >= 15 is 0 Å². The Morgan fingerprint density at radius 2 is 1.85 bits per heavy atom. The average molecular weight is 309 g/mol. The Hall–Kier alpha value is -0.990. The van der Waals surface area contributed by atoms with Crippen LogP contribution in [0.5, 0.6) is 0 Å². The molecule has 1 aliphatic rings. The van der Waals surface area contributed by atoms with Gasteiger partial charge in [0.05, 0.1) is 17.3 Å². The number of hydrogen-bond donors (Lipinski definition) is 0.